The predicted molar refractivity (Wildman–Crippen MR) is 71.1 cm³/mol. The summed E-state index contributed by atoms with van der Waals surface area (Å²) in [6.45, 7) is 3.99. The molecule has 1 heterocycles. The van der Waals surface area contributed by atoms with Gasteiger partial charge in [0.2, 0.25) is 0 Å². The number of hydrogen-bond donors (Lipinski definition) is 3. The summed E-state index contributed by atoms with van der Waals surface area (Å²) in [5.74, 6) is -1.10. The number of rotatable bonds is 2. The second-order valence-electron chi connectivity index (χ2n) is 7.11. The fraction of sp³-hybridized carbons (Fsp3) is 0.800. The number of allylic oxidation sites excluding steroid dienone is 1. The minimum Gasteiger partial charge on any atom is -0.479 e. The number of carboxylic acids is 1. The molecule has 1 saturated heterocycles. The molecule has 2 aliphatic carbocycles. The Bertz CT molecular complexity index is 477. The summed E-state index contributed by atoms with van der Waals surface area (Å²) in [5, 5.41) is 30.1. The van der Waals surface area contributed by atoms with Gasteiger partial charge in [-0.25, -0.2) is 4.79 Å². The highest BCUT2D eigenvalue weighted by molar-refractivity contribution is 5.78. The Balaban J connectivity index is 1.96. The minimum atomic E-state index is -1.79. The van der Waals surface area contributed by atoms with E-state index in [9.17, 15) is 20.1 Å². The molecule has 0 radical (unpaired) electrons. The molecule has 0 aromatic rings. The van der Waals surface area contributed by atoms with Gasteiger partial charge < -0.3 is 20.1 Å². The second kappa shape index (κ2) is 4.06. The summed E-state index contributed by atoms with van der Waals surface area (Å²) in [6.07, 6.45) is 3.55. The van der Waals surface area contributed by atoms with E-state index in [1.165, 1.54) is 0 Å². The van der Waals surface area contributed by atoms with Crippen LogP contribution in [0.15, 0.2) is 11.6 Å². The minimum absolute atomic E-state index is 0.0980. The van der Waals surface area contributed by atoms with E-state index in [4.69, 9.17) is 4.74 Å². The zero-order chi connectivity index (χ0) is 14.8. The van der Waals surface area contributed by atoms with Gasteiger partial charge in [-0.15, -0.1) is 0 Å². The molecule has 20 heavy (non-hydrogen) atoms. The molecule has 3 rings (SSSR count). The van der Waals surface area contributed by atoms with Crippen LogP contribution in [0.2, 0.25) is 0 Å². The highest BCUT2D eigenvalue weighted by atomic mass is 16.5. The maximum atomic E-state index is 11.4. The molecular weight excluding hydrogens is 260 g/mol. The normalized spacial score (nSPS) is 43.9. The van der Waals surface area contributed by atoms with E-state index in [0.29, 0.717) is 19.4 Å². The molecular formula is C15H22O5. The topological polar surface area (TPSA) is 87.0 Å². The average Bonchev–Trinajstić information content (AvgIpc) is 2.88. The quantitative estimate of drug-likeness (QED) is 0.660. The first-order valence-electron chi connectivity index (χ1n) is 7.19. The molecule has 2 bridgehead atoms. The monoisotopic (exact) mass is 282 g/mol. The molecule has 5 nitrogen and oxygen atoms in total. The second-order valence-corrected chi connectivity index (χ2v) is 7.11. The van der Waals surface area contributed by atoms with Crippen molar-refractivity contribution in [3.63, 3.8) is 0 Å². The van der Waals surface area contributed by atoms with Gasteiger partial charge in [0.25, 0.3) is 0 Å². The lowest BCUT2D eigenvalue weighted by atomic mass is 9.71. The zero-order valence-electron chi connectivity index (χ0n) is 11.9. The SMILES string of the molecule is CC(C)(O)C1=CC[C@@]23CO[C@@H](C2)[C@](O)(C(=O)O)CC[C@@H]13. The van der Waals surface area contributed by atoms with E-state index in [-0.39, 0.29) is 17.8 Å². The number of aliphatic hydroxyl groups is 2. The molecule has 0 aromatic heterocycles. The molecule has 0 aromatic carbocycles. The van der Waals surface area contributed by atoms with E-state index in [1.807, 2.05) is 0 Å². The van der Waals surface area contributed by atoms with Crippen molar-refractivity contribution in [1.29, 1.82) is 0 Å². The molecule has 0 unspecified atom stereocenters. The van der Waals surface area contributed by atoms with Gasteiger partial charge in [0.15, 0.2) is 5.60 Å². The van der Waals surface area contributed by atoms with Crippen LogP contribution < -0.4 is 0 Å². The van der Waals surface area contributed by atoms with Crippen molar-refractivity contribution in [2.75, 3.05) is 6.61 Å². The molecule has 5 heteroatoms. The Labute approximate surface area is 118 Å². The number of carboxylic acid groups (broad SMARTS) is 1. The van der Waals surface area contributed by atoms with Crippen LogP contribution in [0.3, 0.4) is 0 Å². The van der Waals surface area contributed by atoms with Crippen LogP contribution in [0.25, 0.3) is 0 Å². The maximum Gasteiger partial charge on any atom is 0.338 e. The Hall–Kier alpha value is -0.910. The summed E-state index contributed by atoms with van der Waals surface area (Å²) in [7, 11) is 0. The third kappa shape index (κ3) is 1.76. The van der Waals surface area contributed by atoms with Crippen LogP contribution in [0.5, 0.6) is 0 Å². The van der Waals surface area contributed by atoms with Gasteiger partial charge in [0, 0.05) is 5.41 Å². The number of hydrogen-bond acceptors (Lipinski definition) is 4. The number of carbonyl (C=O) groups is 1. The van der Waals surface area contributed by atoms with Crippen molar-refractivity contribution < 1.29 is 24.9 Å². The Morgan fingerprint density at radius 3 is 2.80 bits per heavy atom. The Morgan fingerprint density at radius 1 is 1.50 bits per heavy atom. The molecule has 1 spiro atoms. The van der Waals surface area contributed by atoms with Crippen molar-refractivity contribution >= 4 is 5.97 Å². The fourth-order valence-electron chi connectivity index (χ4n) is 4.28. The van der Waals surface area contributed by atoms with Gasteiger partial charge in [-0.3, -0.25) is 0 Å². The van der Waals surface area contributed by atoms with E-state index >= 15 is 0 Å². The van der Waals surface area contributed by atoms with Gasteiger partial charge in [-0.05, 0) is 51.0 Å². The Kier molecular flexibility index (Phi) is 2.85. The number of fused-ring (bicyclic) bond motifs is 1. The van der Waals surface area contributed by atoms with Crippen molar-refractivity contribution in [2.45, 2.75) is 56.8 Å². The van der Waals surface area contributed by atoms with Crippen LogP contribution in [0.4, 0.5) is 0 Å². The van der Waals surface area contributed by atoms with Gasteiger partial charge in [0.1, 0.15) is 0 Å². The van der Waals surface area contributed by atoms with E-state index in [1.54, 1.807) is 13.8 Å². The highest BCUT2D eigenvalue weighted by Crippen LogP contribution is 2.58. The molecule has 1 saturated carbocycles. The average molecular weight is 282 g/mol. The standard InChI is InChI=1S/C15H22O5/c1-13(2,18)9-3-5-14-7-11(20-8-14)15(19,12(16)17)6-4-10(9)14/h3,10-11,18-19H,4-8H2,1-2H3,(H,16,17)/t10-,11-,14-,15-/m0/s1. The first kappa shape index (κ1) is 14.0. The maximum absolute atomic E-state index is 11.4. The number of aliphatic carboxylic acids is 1. The zero-order valence-corrected chi connectivity index (χ0v) is 11.9. The first-order valence-corrected chi connectivity index (χ1v) is 7.19. The molecule has 1 aliphatic heterocycles. The molecule has 2 fully saturated rings. The van der Waals surface area contributed by atoms with Crippen LogP contribution in [-0.4, -0.2) is 45.2 Å². The summed E-state index contributed by atoms with van der Waals surface area (Å²) in [6, 6.07) is 0. The van der Waals surface area contributed by atoms with Gasteiger partial charge >= 0.3 is 5.97 Å². The fourth-order valence-corrected chi connectivity index (χ4v) is 4.28. The van der Waals surface area contributed by atoms with Gasteiger partial charge in [0.05, 0.1) is 18.3 Å². The number of ether oxygens (including phenoxy) is 1. The predicted octanol–water partition coefficient (Wildman–Crippen LogP) is 1.09. The summed E-state index contributed by atoms with van der Waals surface area (Å²) in [5.41, 5.74) is -1.87. The molecule has 4 atom stereocenters. The van der Waals surface area contributed by atoms with Crippen LogP contribution in [-0.2, 0) is 9.53 Å². The highest BCUT2D eigenvalue weighted by Gasteiger charge is 2.61. The Morgan fingerprint density at radius 2 is 2.20 bits per heavy atom. The van der Waals surface area contributed by atoms with Crippen molar-refractivity contribution in [3.05, 3.63) is 11.6 Å². The molecule has 3 N–H and O–H groups in total. The molecule has 0 amide bonds. The lowest BCUT2D eigenvalue weighted by molar-refractivity contribution is -0.175. The molecule has 112 valence electrons. The van der Waals surface area contributed by atoms with E-state index in [2.05, 4.69) is 6.08 Å². The van der Waals surface area contributed by atoms with Gasteiger partial charge in [-0.1, -0.05) is 6.08 Å². The first-order chi connectivity index (χ1) is 9.19. The van der Waals surface area contributed by atoms with Crippen LogP contribution in [0, 0.1) is 11.3 Å². The van der Waals surface area contributed by atoms with Crippen LogP contribution in [0.1, 0.15) is 39.5 Å². The summed E-state index contributed by atoms with van der Waals surface area (Å²) in [4.78, 5) is 11.4. The van der Waals surface area contributed by atoms with Crippen molar-refractivity contribution in [1.82, 2.24) is 0 Å². The largest absolute Gasteiger partial charge is 0.479 e. The third-order valence-electron chi connectivity index (χ3n) is 5.43. The lowest BCUT2D eigenvalue weighted by Crippen LogP contribution is -2.49. The van der Waals surface area contributed by atoms with Crippen LogP contribution >= 0.6 is 0 Å². The van der Waals surface area contributed by atoms with E-state index < -0.39 is 23.3 Å². The van der Waals surface area contributed by atoms with E-state index in [0.717, 1.165) is 12.0 Å². The summed E-state index contributed by atoms with van der Waals surface area (Å²) < 4.78 is 5.65. The van der Waals surface area contributed by atoms with Crippen molar-refractivity contribution in [3.8, 4) is 0 Å². The molecule has 3 aliphatic rings. The van der Waals surface area contributed by atoms with Gasteiger partial charge in [-0.2, -0.15) is 0 Å². The third-order valence-corrected chi connectivity index (χ3v) is 5.43. The smallest absolute Gasteiger partial charge is 0.338 e. The summed E-state index contributed by atoms with van der Waals surface area (Å²) >= 11 is 0. The van der Waals surface area contributed by atoms with Crippen molar-refractivity contribution in [2.24, 2.45) is 11.3 Å². The lowest BCUT2D eigenvalue weighted by Gasteiger charge is -2.35.